The molecule has 1 unspecified atom stereocenters. The third-order valence-corrected chi connectivity index (χ3v) is 10.9. The van der Waals surface area contributed by atoms with Crippen LogP contribution in [0.1, 0.15) is 264 Å². The number of carbonyl (C=O) groups excluding carboxylic acids is 2. The molecule has 318 valence electrons. The Morgan fingerprint density at radius 2 is 0.796 bits per heavy atom. The van der Waals surface area contributed by atoms with Crippen molar-refractivity contribution in [2.75, 3.05) is 6.54 Å². The van der Waals surface area contributed by atoms with E-state index in [9.17, 15) is 14.4 Å². The number of esters is 1. The van der Waals surface area contributed by atoms with Crippen LogP contribution >= 0.6 is 0 Å². The minimum absolute atomic E-state index is 0.0129. The van der Waals surface area contributed by atoms with Crippen molar-refractivity contribution in [2.45, 2.75) is 270 Å². The standard InChI is InChI=1S/C48H91NO5/c1-3-5-7-9-11-13-15-17-19-20-21-22-24-26-28-30-35-39-43-48(53)54-45(41-37-33-31-34-38-42-46(50)49-44-47(51)52)40-36-32-29-27-25-23-18-16-14-12-10-8-6-4-2/h19-20,45H,3-18,21-44H2,1-2H3,(H,49,50)(H,51,52)/b20-19-. The van der Waals surface area contributed by atoms with Crippen LogP contribution in [0.15, 0.2) is 12.2 Å². The van der Waals surface area contributed by atoms with E-state index in [1.54, 1.807) is 0 Å². The van der Waals surface area contributed by atoms with Gasteiger partial charge in [-0.2, -0.15) is 0 Å². The van der Waals surface area contributed by atoms with Crippen molar-refractivity contribution < 1.29 is 24.2 Å². The summed E-state index contributed by atoms with van der Waals surface area (Å²) >= 11 is 0. The summed E-state index contributed by atoms with van der Waals surface area (Å²) in [6.07, 6.45) is 52.0. The minimum atomic E-state index is -1.01. The van der Waals surface area contributed by atoms with E-state index in [2.05, 4.69) is 31.3 Å². The minimum Gasteiger partial charge on any atom is -0.480 e. The fourth-order valence-corrected chi connectivity index (χ4v) is 7.39. The lowest BCUT2D eigenvalue weighted by atomic mass is 10.0. The fourth-order valence-electron chi connectivity index (χ4n) is 7.39. The molecule has 0 fully saturated rings. The van der Waals surface area contributed by atoms with Crippen LogP contribution in [0.5, 0.6) is 0 Å². The number of hydrogen-bond donors (Lipinski definition) is 2. The van der Waals surface area contributed by atoms with E-state index in [-0.39, 0.29) is 24.5 Å². The highest BCUT2D eigenvalue weighted by molar-refractivity contribution is 5.80. The molecule has 0 aliphatic carbocycles. The summed E-state index contributed by atoms with van der Waals surface area (Å²) in [7, 11) is 0. The Bertz CT molecular complexity index is 843. The van der Waals surface area contributed by atoms with Crippen LogP contribution in [-0.2, 0) is 19.1 Å². The van der Waals surface area contributed by atoms with E-state index in [1.807, 2.05) is 0 Å². The van der Waals surface area contributed by atoms with Crippen LogP contribution < -0.4 is 5.32 Å². The van der Waals surface area contributed by atoms with Crippen molar-refractivity contribution in [1.82, 2.24) is 5.32 Å². The Morgan fingerprint density at radius 1 is 0.463 bits per heavy atom. The number of unbranched alkanes of at least 4 members (excludes halogenated alkanes) is 31. The Kier molecular flexibility index (Phi) is 42.4. The molecule has 1 amide bonds. The van der Waals surface area contributed by atoms with Gasteiger partial charge in [-0.3, -0.25) is 14.4 Å². The molecular weight excluding hydrogens is 671 g/mol. The van der Waals surface area contributed by atoms with E-state index in [0.717, 1.165) is 64.2 Å². The topological polar surface area (TPSA) is 92.7 Å². The lowest BCUT2D eigenvalue weighted by Crippen LogP contribution is -2.28. The molecule has 0 bridgehead atoms. The fraction of sp³-hybridized carbons (Fsp3) is 0.896. The van der Waals surface area contributed by atoms with Gasteiger partial charge in [-0.1, -0.05) is 199 Å². The second-order valence-corrected chi connectivity index (χ2v) is 16.4. The summed E-state index contributed by atoms with van der Waals surface area (Å²) in [6, 6.07) is 0. The predicted octanol–water partition coefficient (Wildman–Crippen LogP) is 14.9. The molecule has 1 atom stereocenters. The number of carbonyl (C=O) groups is 3. The van der Waals surface area contributed by atoms with Gasteiger partial charge >= 0.3 is 11.9 Å². The maximum Gasteiger partial charge on any atom is 0.322 e. The first-order chi connectivity index (χ1) is 26.5. The zero-order chi connectivity index (χ0) is 39.4. The number of amides is 1. The van der Waals surface area contributed by atoms with Crippen LogP contribution in [0, 0.1) is 0 Å². The molecule has 0 saturated carbocycles. The van der Waals surface area contributed by atoms with Crippen molar-refractivity contribution in [2.24, 2.45) is 0 Å². The van der Waals surface area contributed by atoms with E-state index in [1.165, 1.54) is 173 Å². The molecule has 6 nitrogen and oxygen atoms in total. The molecule has 0 aromatic carbocycles. The molecule has 0 heterocycles. The molecule has 0 aromatic rings. The lowest BCUT2D eigenvalue weighted by molar-refractivity contribution is -0.150. The summed E-state index contributed by atoms with van der Waals surface area (Å²) < 4.78 is 6.06. The summed E-state index contributed by atoms with van der Waals surface area (Å²) in [5, 5.41) is 11.1. The molecule has 0 aliphatic rings. The first kappa shape index (κ1) is 52.2. The number of hydrogen-bond acceptors (Lipinski definition) is 4. The molecule has 6 heteroatoms. The molecular formula is C48H91NO5. The third kappa shape index (κ3) is 42.9. The van der Waals surface area contributed by atoms with Gasteiger partial charge in [0.25, 0.3) is 0 Å². The zero-order valence-corrected chi connectivity index (χ0v) is 36.1. The van der Waals surface area contributed by atoms with E-state index < -0.39 is 5.97 Å². The molecule has 2 N–H and O–H groups in total. The highest BCUT2D eigenvalue weighted by Crippen LogP contribution is 2.19. The summed E-state index contributed by atoms with van der Waals surface area (Å²) in [6.45, 7) is 4.25. The van der Waals surface area contributed by atoms with E-state index in [4.69, 9.17) is 9.84 Å². The smallest absolute Gasteiger partial charge is 0.322 e. The van der Waals surface area contributed by atoms with E-state index in [0.29, 0.717) is 12.8 Å². The highest BCUT2D eigenvalue weighted by atomic mass is 16.5. The maximum absolute atomic E-state index is 12.8. The normalized spacial score (nSPS) is 12.0. The van der Waals surface area contributed by atoms with Gasteiger partial charge in [0.2, 0.25) is 5.91 Å². The largest absolute Gasteiger partial charge is 0.480 e. The quantitative estimate of drug-likeness (QED) is 0.0366. The number of allylic oxidation sites excluding steroid dienone is 2. The average molecular weight is 762 g/mol. The Hall–Kier alpha value is -1.85. The SMILES string of the molecule is CCCCCCCCC/C=C\CCCCCCCCCC(=O)OC(CCCCCCCCCCCCCCCC)CCCCCCCC(=O)NCC(=O)O. The van der Waals surface area contributed by atoms with Crippen molar-refractivity contribution in [3.63, 3.8) is 0 Å². The van der Waals surface area contributed by atoms with Crippen LogP contribution in [0.4, 0.5) is 0 Å². The monoisotopic (exact) mass is 762 g/mol. The summed E-state index contributed by atoms with van der Waals surface area (Å²) in [4.78, 5) is 35.1. The Balaban J connectivity index is 4.11. The van der Waals surface area contributed by atoms with Gasteiger partial charge in [-0.05, 0) is 64.2 Å². The van der Waals surface area contributed by atoms with Crippen LogP contribution in [0.2, 0.25) is 0 Å². The van der Waals surface area contributed by atoms with Crippen LogP contribution in [0.25, 0.3) is 0 Å². The first-order valence-corrected chi connectivity index (χ1v) is 23.8. The molecule has 54 heavy (non-hydrogen) atoms. The molecule has 0 aliphatic heterocycles. The van der Waals surface area contributed by atoms with Crippen molar-refractivity contribution in [1.29, 1.82) is 0 Å². The lowest BCUT2D eigenvalue weighted by Gasteiger charge is -2.18. The van der Waals surface area contributed by atoms with Crippen molar-refractivity contribution in [3.05, 3.63) is 12.2 Å². The zero-order valence-electron chi connectivity index (χ0n) is 36.1. The Morgan fingerprint density at radius 3 is 1.19 bits per heavy atom. The van der Waals surface area contributed by atoms with Crippen LogP contribution in [0.3, 0.4) is 0 Å². The van der Waals surface area contributed by atoms with Gasteiger partial charge in [0.05, 0.1) is 0 Å². The van der Waals surface area contributed by atoms with Gasteiger partial charge in [0.1, 0.15) is 12.6 Å². The maximum atomic E-state index is 12.8. The van der Waals surface area contributed by atoms with Gasteiger partial charge in [-0.25, -0.2) is 0 Å². The summed E-state index contributed by atoms with van der Waals surface area (Å²) in [5.74, 6) is -1.22. The molecule has 0 aromatic heterocycles. The van der Waals surface area contributed by atoms with E-state index >= 15 is 0 Å². The third-order valence-electron chi connectivity index (χ3n) is 10.9. The molecule has 0 rings (SSSR count). The predicted molar refractivity (Wildman–Crippen MR) is 231 cm³/mol. The van der Waals surface area contributed by atoms with Crippen molar-refractivity contribution >= 4 is 17.8 Å². The first-order valence-electron chi connectivity index (χ1n) is 23.8. The number of aliphatic carboxylic acids is 1. The number of nitrogens with one attached hydrogen (secondary N) is 1. The number of rotatable bonds is 44. The van der Waals surface area contributed by atoms with Gasteiger partial charge < -0.3 is 15.2 Å². The van der Waals surface area contributed by atoms with Crippen molar-refractivity contribution in [3.8, 4) is 0 Å². The second-order valence-electron chi connectivity index (χ2n) is 16.4. The van der Waals surface area contributed by atoms with Gasteiger partial charge in [0.15, 0.2) is 0 Å². The summed E-state index contributed by atoms with van der Waals surface area (Å²) in [5.41, 5.74) is 0. The van der Waals surface area contributed by atoms with Gasteiger partial charge in [-0.15, -0.1) is 0 Å². The molecule has 0 spiro atoms. The Labute approximate surface area is 335 Å². The highest BCUT2D eigenvalue weighted by Gasteiger charge is 2.14. The molecule has 0 radical (unpaired) electrons. The van der Waals surface area contributed by atoms with Crippen LogP contribution in [-0.4, -0.2) is 35.6 Å². The number of carboxylic acid groups (broad SMARTS) is 1. The average Bonchev–Trinajstić information content (AvgIpc) is 3.16. The molecule has 0 saturated heterocycles. The second kappa shape index (κ2) is 43.9. The van der Waals surface area contributed by atoms with Gasteiger partial charge in [0, 0.05) is 12.8 Å². The number of ether oxygens (including phenoxy) is 1. The number of carboxylic acids is 1.